The first-order valence-electron chi connectivity index (χ1n) is 7.60. The lowest BCUT2D eigenvalue weighted by atomic mass is 9.98. The third kappa shape index (κ3) is 3.35. The number of fused-ring (bicyclic) bond motifs is 1. The minimum absolute atomic E-state index is 0.00598. The average Bonchev–Trinajstić information content (AvgIpc) is 2.65. The zero-order valence-corrected chi connectivity index (χ0v) is 13.6. The summed E-state index contributed by atoms with van der Waals surface area (Å²) in [7, 11) is 0. The Kier molecular flexibility index (Phi) is 4.62. The number of nitrogens with one attached hydrogen (secondary N) is 1. The molecule has 0 aliphatic carbocycles. The van der Waals surface area contributed by atoms with Gasteiger partial charge in [-0.1, -0.05) is 12.1 Å². The fourth-order valence-corrected chi connectivity index (χ4v) is 2.65. The van der Waals surface area contributed by atoms with Crippen LogP contribution in [0.1, 0.15) is 10.4 Å². The number of nitro groups is 1. The molecule has 2 aromatic carbocycles. The SMILES string of the molecule is O=C(O)CNC(=O)c1c(O)cc(-c2ccccc2[N+](=O)[O-])c2nccnc12. The maximum Gasteiger partial charge on any atom is 0.322 e. The number of carboxylic acid groups (broad SMARTS) is 1. The van der Waals surface area contributed by atoms with E-state index in [0.717, 1.165) is 0 Å². The Labute approximate surface area is 151 Å². The Morgan fingerprint density at radius 1 is 1.11 bits per heavy atom. The van der Waals surface area contributed by atoms with Gasteiger partial charge in [0.2, 0.25) is 0 Å². The predicted octanol–water partition coefficient (Wildman–Crippen LogP) is 1.72. The van der Waals surface area contributed by atoms with Crippen molar-refractivity contribution in [3.05, 3.63) is 58.4 Å². The van der Waals surface area contributed by atoms with Crippen LogP contribution in [0.3, 0.4) is 0 Å². The number of hydrogen-bond acceptors (Lipinski definition) is 7. The van der Waals surface area contributed by atoms with Gasteiger partial charge in [-0.2, -0.15) is 0 Å². The monoisotopic (exact) mass is 368 g/mol. The van der Waals surface area contributed by atoms with Gasteiger partial charge >= 0.3 is 5.97 Å². The topological polar surface area (TPSA) is 156 Å². The van der Waals surface area contributed by atoms with Crippen molar-refractivity contribution >= 4 is 28.6 Å². The number of aromatic hydroxyl groups is 1. The number of rotatable bonds is 5. The first-order chi connectivity index (χ1) is 12.9. The van der Waals surface area contributed by atoms with Crippen molar-refractivity contribution in [3.8, 4) is 16.9 Å². The van der Waals surface area contributed by atoms with Crippen LogP contribution in [0.25, 0.3) is 22.2 Å². The molecule has 1 aromatic heterocycles. The number of hydrogen-bond donors (Lipinski definition) is 3. The molecule has 0 aliphatic rings. The summed E-state index contributed by atoms with van der Waals surface area (Å²) in [6.45, 7) is -0.647. The van der Waals surface area contributed by atoms with Gasteiger partial charge < -0.3 is 15.5 Å². The molecule has 0 atom stereocenters. The molecular formula is C17H12N4O6. The minimum atomic E-state index is -1.25. The van der Waals surface area contributed by atoms with E-state index in [1.807, 2.05) is 0 Å². The van der Waals surface area contributed by atoms with E-state index in [0.29, 0.717) is 0 Å². The Hall–Kier alpha value is -4.08. The van der Waals surface area contributed by atoms with E-state index < -0.39 is 29.1 Å². The summed E-state index contributed by atoms with van der Waals surface area (Å²) >= 11 is 0. The second-order valence-corrected chi connectivity index (χ2v) is 5.42. The maximum atomic E-state index is 12.3. The Bertz CT molecular complexity index is 1080. The number of aromatic nitrogens is 2. The number of aliphatic carboxylic acids is 1. The molecule has 136 valence electrons. The molecule has 0 saturated heterocycles. The molecule has 0 radical (unpaired) electrons. The molecule has 27 heavy (non-hydrogen) atoms. The highest BCUT2D eigenvalue weighted by molar-refractivity contribution is 6.11. The highest BCUT2D eigenvalue weighted by Gasteiger charge is 2.24. The lowest BCUT2D eigenvalue weighted by Gasteiger charge is -2.12. The van der Waals surface area contributed by atoms with Gasteiger partial charge in [0.15, 0.2) is 0 Å². The van der Waals surface area contributed by atoms with Gasteiger partial charge in [-0.15, -0.1) is 0 Å². The van der Waals surface area contributed by atoms with E-state index in [-0.39, 0.29) is 33.4 Å². The zero-order valence-electron chi connectivity index (χ0n) is 13.6. The summed E-state index contributed by atoms with van der Waals surface area (Å²) in [5.41, 5.74) is 0.103. The van der Waals surface area contributed by atoms with Crippen LogP contribution in [0, 0.1) is 10.1 Å². The molecule has 10 heteroatoms. The normalized spacial score (nSPS) is 10.5. The third-order valence-corrected chi connectivity index (χ3v) is 3.75. The standard InChI is InChI=1S/C17H12N4O6/c22-12-7-10(9-3-1-2-4-11(9)21(26)27)15-16(19-6-5-18-15)14(12)17(25)20-8-13(23)24/h1-7,22H,8H2,(H,20,25)(H,23,24). The van der Waals surface area contributed by atoms with Gasteiger partial charge in [-0.25, -0.2) is 0 Å². The van der Waals surface area contributed by atoms with Crippen molar-refractivity contribution in [1.82, 2.24) is 15.3 Å². The van der Waals surface area contributed by atoms with Crippen LogP contribution in [0.4, 0.5) is 5.69 Å². The number of carbonyl (C=O) groups is 2. The fraction of sp³-hybridized carbons (Fsp3) is 0.0588. The van der Waals surface area contributed by atoms with Crippen molar-refractivity contribution in [2.24, 2.45) is 0 Å². The van der Waals surface area contributed by atoms with Crippen LogP contribution in [0.5, 0.6) is 5.75 Å². The number of carbonyl (C=O) groups excluding carboxylic acids is 1. The minimum Gasteiger partial charge on any atom is -0.507 e. The van der Waals surface area contributed by atoms with E-state index in [1.165, 1.54) is 36.7 Å². The lowest BCUT2D eigenvalue weighted by molar-refractivity contribution is -0.384. The van der Waals surface area contributed by atoms with Crippen LogP contribution in [0.15, 0.2) is 42.7 Å². The third-order valence-electron chi connectivity index (χ3n) is 3.75. The molecule has 1 amide bonds. The molecular weight excluding hydrogens is 356 g/mol. The zero-order chi connectivity index (χ0) is 19.6. The number of phenols is 1. The number of amides is 1. The van der Waals surface area contributed by atoms with Crippen LogP contribution < -0.4 is 5.32 Å². The molecule has 0 saturated carbocycles. The van der Waals surface area contributed by atoms with Gasteiger partial charge in [0.1, 0.15) is 23.4 Å². The summed E-state index contributed by atoms with van der Waals surface area (Å²) < 4.78 is 0. The summed E-state index contributed by atoms with van der Waals surface area (Å²) in [6.07, 6.45) is 2.63. The first kappa shape index (κ1) is 17.7. The number of nitrogens with zero attached hydrogens (tertiary/aromatic N) is 3. The van der Waals surface area contributed by atoms with Gasteiger partial charge in [0.25, 0.3) is 11.6 Å². The molecule has 0 spiro atoms. The van der Waals surface area contributed by atoms with Crippen molar-refractivity contribution in [1.29, 1.82) is 0 Å². The molecule has 0 aliphatic heterocycles. The van der Waals surface area contributed by atoms with E-state index in [4.69, 9.17) is 5.11 Å². The number of benzene rings is 2. The molecule has 1 heterocycles. The van der Waals surface area contributed by atoms with Crippen LogP contribution in [0.2, 0.25) is 0 Å². The summed E-state index contributed by atoms with van der Waals surface area (Å²) in [5, 5.41) is 32.5. The smallest absolute Gasteiger partial charge is 0.322 e. The maximum absolute atomic E-state index is 12.3. The van der Waals surface area contributed by atoms with Crippen molar-refractivity contribution in [3.63, 3.8) is 0 Å². The number of para-hydroxylation sites is 1. The molecule has 0 fully saturated rings. The van der Waals surface area contributed by atoms with E-state index >= 15 is 0 Å². The van der Waals surface area contributed by atoms with Crippen LogP contribution in [-0.4, -0.2) is 43.5 Å². The molecule has 3 rings (SSSR count). The molecule has 3 aromatic rings. The quantitative estimate of drug-likeness (QED) is 0.454. The van der Waals surface area contributed by atoms with Crippen molar-refractivity contribution in [2.45, 2.75) is 0 Å². The lowest BCUT2D eigenvalue weighted by Crippen LogP contribution is -2.29. The largest absolute Gasteiger partial charge is 0.507 e. The van der Waals surface area contributed by atoms with Crippen molar-refractivity contribution in [2.75, 3.05) is 6.54 Å². The second kappa shape index (κ2) is 7.04. The van der Waals surface area contributed by atoms with Gasteiger partial charge in [-0.3, -0.25) is 29.7 Å². The van der Waals surface area contributed by atoms with E-state index in [9.17, 15) is 24.8 Å². The fourth-order valence-electron chi connectivity index (χ4n) is 2.65. The second-order valence-electron chi connectivity index (χ2n) is 5.42. The number of nitro benzene ring substituents is 1. The highest BCUT2D eigenvalue weighted by Crippen LogP contribution is 2.38. The molecule has 3 N–H and O–H groups in total. The number of phenolic OH excluding ortho intramolecular Hbond substituents is 1. The van der Waals surface area contributed by atoms with E-state index in [1.54, 1.807) is 6.07 Å². The Morgan fingerprint density at radius 2 is 1.78 bits per heavy atom. The van der Waals surface area contributed by atoms with E-state index in [2.05, 4.69) is 15.3 Å². The number of carboxylic acids is 1. The first-order valence-corrected chi connectivity index (χ1v) is 7.60. The average molecular weight is 368 g/mol. The van der Waals surface area contributed by atoms with Crippen LogP contribution in [-0.2, 0) is 4.79 Å². The van der Waals surface area contributed by atoms with Crippen molar-refractivity contribution < 1.29 is 24.7 Å². The molecule has 0 unspecified atom stereocenters. The van der Waals surface area contributed by atoms with Gasteiger partial charge in [-0.05, 0) is 12.1 Å². The summed E-state index contributed by atoms with van der Waals surface area (Å²) in [5.74, 6) is -2.61. The summed E-state index contributed by atoms with van der Waals surface area (Å²) in [6, 6.07) is 7.07. The predicted molar refractivity (Wildman–Crippen MR) is 93.3 cm³/mol. The Morgan fingerprint density at radius 3 is 2.44 bits per heavy atom. The Balaban J connectivity index is 2.25. The highest BCUT2D eigenvalue weighted by atomic mass is 16.6. The molecule has 0 bridgehead atoms. The van der Waals surface area contributed by atoms with Gasteiger partial charge in [0, 0.05) is 24.0 Å². The molecule has 10 nitrogen and oxygen atoms in total. The van der Waals surface area contributed by atoms with Gasteiger partial charge in [0.05, 0.1) is 16.0 Å². The van der Waals surface area contributed by atoms with Crippen LogP contribution >= 0.6 is 0 Å². The summed E-state index contributed by atoms with van der Waals surface area (Å²) in [4.78, 5) is 41.9.